The van der Waals surface area contributed by atoms with Crippen LogP contribution in [0.2, 0.25) is 0 Å². The SMILES string of the molecule is O=CNc1nc(C(=NOC2C=CCC2)C(=O)NC2C(=O)N3C(C(=O)O)=C(CSc4nncs4)CS[C@H]23)cs1. The first-order valence-corrected chi connectivity index (χ1v) is 14.9. The summed E-state index contributed by atoms with van der Waals surface area (Å²) in [7, 11) is 0. The monoisotopic (exact) mass is 593 g/mol. The molecule has 0 aromatic carbocycles. The average molecular weight is 594 g/mol. The molecule has 0 saturated carbocycles. The molecule has 1 aliphatic carbocycles. The fraction of sp³-hybridized carbons (Fsp3) is 0.333. The Balaban J connectivity index is 1.31. The van der Waals surface area contributed by atoms with Crippen molar-refractivity contribution in [1.82, 2.24) is 25.4 Å². The van der Waals surface area contributed by atoms with Crippen molar-refractivity contribution < 1.29 is 29.1 Å². The van der Waals surface area contributed by atoms with Crippen molar-refractivity contribution in [2.24, 2.45) is 5.16 Å². The molecule has 0 radical (unpaired) electrons. The van der Waals surface area contributed by atoms with E-state index in [-0.39, 0.29) is 28.3 Å². The number of nitrogens with zero attached hydrogens (tertiary/aromatic N) is 5. The van der Waals surface area contributed by atoms with Crippen LogP contribution in [0, 0.1) is 0 Å². The van der Waals surface area contributed by atoms with Crippen LogP contribution < -0.4 is 10.6 Å². The van der Waals surface area contributed by atoms with Gasteiger partial charge in [0.1, 0.15) is 34.4 Å². The van der Waals surface area contributed by atoms with Crippen molar-refractivity contribution >= 4 is 81.2 Å². The van der Waals surface area contributed by atoms with E-state index in [4.69, 9.17) is 4.84 Å². The quantitative estimate of drug-likeness (QED) is 0.0860. The summed E-state index contributed by atoms with van der Waals surface area (Å²) in [6.45, 7) is 0. The minimum absolute atomic E-state index is 0.0735. The Labute approximate surface area is 231 Å². The zero-order chi connectivity index (χ0) is 26.6. The predicted molar refractivity (Wildman–Crippen MR) is 142 cm³/mol. The predicted octanol–water partition coefficient (Wildman–Crippen LogP) is 1.53. The first kappa shape index (κ1) is 26.3. The summed E-state index contributed by atoms with van der Waals surface area (Å²) >= 11 is 5.16. The largest absolute Gasteiger partial charge is 0.477 e. The highest BCUT2D eigenvalue weighted by molar-refractivity contribution is 8.01. The van der Waals surface area contributed by atoms with E-state index in [0.29, 0.717) is 34.2 Å². The molecule has 5 rings (SSSR count). The van der Waals surface area contributed by atoms with Gasteiger partial charge < -0.3 is 20.6 Å². The highest BCUT2D eigenvalue weighted by Gasteiger charge is 2.54. The molecule has 3 aliphatic rings. The molecule has 0 bridgehead atoms. The third-order valence-corrected chi connectivity index (χ3v) is 9.70. The van der Waals surface area contributed by atoms with Crippen molar-refractivity contribution in [2.75, 3.05) is 16.8 Å². The summed E-state index contributed by atoms with van der Waals surface area (Å²) in [5.41, 5.74) is 2.12. The lowest BCUT2D eigenvalue weighted by molar-refractivity contribution is -0.150. The van der Waals surface area contributed by atoms with Gasteiger partial charge in [0.2, 0.25) is 6.41 Å². The van der Waals surface area contributed by atoms with Crippen molar-refractivity contribution in [1.29, 1.82) is 0 Å². The summed E-state index contributed by atoms with van der Waals surface area (Å²) < 4.78 is 0.699. The summed E-state index contributed by atoms with van der Waals surface area (Å²) in [6.07, 6.45) is 5.51. The number of carboxylic acids is 1. The van der Waals surface area contributed by atoms with Crippen LogP contribution in [-0.4, -0.2) is 84.1 Å². The third-order valence-electron chi connectivity index (χ3n) is 5.64. The van der Waals surface area contributed by atoms with Crippen LogP contribution in [0.5, 0.6) is 0 Å². The van der Waals surface area contributed by atoms with Gasteiger partial charge in [0.05, 0.1) is 0 Å². The number of amides is 3. The zero-order valence-corrected chi connectivity index (χ0v) is 22.6. The summed E-state index contributed by atoms with van der Waals surface area (Å²) in [5, 5.41) is 27.9. The van der Waals surface area contributed by atoms with E-state index in [0.717, 1.165) is 17.8 Å². The Morgan fingerprint density at radius 3 is 2.95 bits per heavy atom. The number of nitrogens with one attached hydrogen (secondary N) is 2. The van der Waals surface area contributed by atoms with Crippen LogP contribution in [0.25, 0.3) is 0 Å². The van der Waals surface area contributed by atoms with Crippen LogP contribution >= 0.6 is 46.2 Å². The molecule has 2 aromatic rings. The molecule has 1 fully saturated rings. The topological polar surface area (TPSA) is 176 Å². The maximum atomic E-state index is 13.3. The first-order chi connectivity index (χ1) is 18.5. The Morgan fingerprint density at radius 1 is 1.37 bits per heavy atom. The number of hydrogen-bond donors (Lipinski definition) is 3. The second kappa shape index (κ2) is 11.6. The summed E-state index contributed by atoms with van der Waals surface area (Å²) in [5.74, 6) is -1.72. The van der Waals surface area contributed by atoms with Crippen LogP contribution in [-0.2, 0) is 24.0 Å². The van der Waals surface area contributed by atoms with E-state index in [2.05, 4.69) is 31.0 Å². The molecule has 1 saturated heterocycles. The number of thiazole rings is 1. The van der Waals surface area contributed by atoms with E-state index >= 15 is 0 Å². The maximum absolute atomic E-state index is 13.3. The molecule has 2 aliphatic heterocycles. The molecular weight excluding hydrogens is 575 g/mol. The van der Waals surface area contributed by atoms with Crippen molar-refractivity contribution in [3.63, 3.8) is 0 Å². The van der Waals surface area contributed by atoms with Gasteiger partial charge in [-0.3, -0.25) is 19.3 Å². The van der Waals surface area contributed by atoms with Gasteiger partial charge >= 0.3 is 5.97 Å². The standard InChI is InChI=1S/C21H19N7O6S4/c29-8-22-20-24-12(7-36-20)13(27-34-11-3-1-2-4-11)16(30)25-14-17(31)28-15(19(32)33)10(5-35-18(14)28)6-37-21-26-23-9-38-21/h1,3,7-9,11,14,18H,2,4-6H2,(H,25,30)(H,32,33)(H,22,24,29)/t11?,14?,18-/m1/s1. The van der Waals surface area contributed by atoms with E-state index < -0.39 is 29.2 Å². The van der Waals surface area contributed by atoms with Crippen LogP contribution in [0.3, 0.4) is 0 Å². The Bertz CT molecular complexity index is 1340. The zero-order valence-electron chi connectivity index (χ0n) is 19.3. The van der Waals surface area contributed by atoms with E-state index in [1.54, 1.807) is 5.51 Å². The molecule has 2 unspecified atom stereocenters. The van der Waals surface area contributed by atoms with Crippen molar-refractivity contribution in [3.8, 4) is 0 Å². The number of aliphatic carboxylic acids is 1. The molecule has 3 atom stereocenters. The van der Waals surface area contributed by atoms with Gasteiger partial charge in [-0.15, -0.1) is 33.3 Å². The van der Waals surface area contributed by atoms with Gasteiger partial charge in [0.15, 0.2) is 15.2 Å². The maximum Gasteiger partial charge on any atom is 0.352 e. The number of hydrogen-bond acceptors (Lipinski definition) is 13. The Hall–Kier alpha value is -3.28. The van der Waals surface area contributed by atoms with Gasteiger partial charge in [-0.2, -0.15) is 0 Å². The molecule has 3 N–H and O–H groups in total. The minimum Gasteiger partial charge on any atom is -0.477 e. The molecule has 4 heterocycles. The number of β-lactam (4-membered cyclic amide) rings is 1. The highest BCUT2D eigenvalue weighted by atomic mass is 32.2. The van der Waals surface area contributed by atoms with Crippen LogP contribution in [0.1, 0.15) is 18.5 Å². The van der Waals surface area contributed by atoms with E-state index in [9.17, 15) is 24.3 Å². The third kappa shape index (κ3) is 5.45. The second-order valence-corrected chi connectivity index (χ2v) is 12.0. The van der Waals surface area contributed by atoms with Gasteiger partial charge in [-0.05, 0) is 24.5 Å². The average Bonchev–Trinajstić information content (AvgIpc) is 3.69. The fourth-order valence-corrected chi connectivity index (χ4v) is 7.52. The van der Waals surface area contributed by atoms with Gasteiger partial charge in [-0.1, -0.05) is 34.3 Å². The van der Waals surface area contributed by atoms with Crippen LogP contribution in [0.4, 0.5) is 5.13 Å². The summed E-state index contributed by atoms with van der Waals surface area (Å²) in [6, 6.07) is -0.956. The molecule has 13 nitrogen and oxygen atoms in total. The number of carbonyl (C=O) groups is 4. The fourth-order valence-electron chi connectivity index (χ4n) is 3.90. The van der Waals surface area contributed by atoms with Gasteiger partial charge in [0, 0.05) is 16.9 Å². The molecule has 17 heteroatoms. The van der Waals surface area contributed by atoms with Crippen LogP contribution in [0.15, 0.2) is 43.8 Å². The first-order valence-electron chi connectivity index (χ1n) is 11.1. The molecule has 3 amide bonds. The minimum atomic E-state index is -1.21. The number of carboxylic acid groups (broad SMARTS) is 1. The number of thioether (sulfide) groups is 2. The van der Waals surface area contributed by atoms with Gasteiger partial charge in [-0.25, -0.2) is 9.78 Å². The number of anilines is 1. The van der Waals surface area contributed by atoms with Crippen molar-refractivity contribution in [3.05, 3.63) is 40.0 Å². The molecule has 2 aromatic heterocycles. The number of carbonyl (C=O) groups excluding carboxylic acids is 3. The normalized spacial score (nSPS) is 22.6. The smallest absolute Gasteiger partial charge is 0.352 e. The van der Waals surface area contributed by atoms with Crippen molar-refractivity contribution in [2.45, 2.75) is 34.7 Å². The highest BCUT2D eigenvalue weighted by Crippen LogP contribution is 2.41. The Kier molecular flexibility index (Phi) is 8.06. The number of aromatic nitrogens is 3. The lowest BCUT2D eigenvalue weighted by atomic mass is 10.0. The Morgan fingerprint density at radius 2 is 2.24 bits per heavy atom. The van der Waals surface area contributed by atoms with Gasteiger partial charge in [0.25, 0.3) is 11.8 Å². The van der Waals surface area contributed by atoms with E-state index in [1.165, 1.54) is 45.1 Å². The summed E-state index contributed by atoms with van der Waals surface area (Å²) in [4.78, 5) is 60.1. The molecule has 0 spiro atoms. The number of rotatable bonds is 11. The number of allylic oxidation sites excluding steroid dienone is 1. The lowest BCUT2D eigenvalue weighted by Gasteiger charge is -2.49. The molecule has 198 valence electrons. The lowest BCUT2D eigenvalue weighted by Crippen LogP contribution is -2.71. The molecular formula is C21H19N7O6S4. The second-order valence-electron chi connectivity index (χ2n) is 8.00. The number of fused-ring (bicyclic) bond motifs is 1. The van der Waals surface area contributed by atoms with E-state index in [1.807, 2.05) is 12.2 Å². The molecule has 38 heavy (non-hydrogen) atoms. The number of oxime groups is 1.